The Morgan fingerprint density at radius 2 is 1.50 bits per heavy atom. The topological polar surface area (TPSA) is 27.7 Å². The van der Waals surface area contributed by atoms with Crippen LogP contribution in [-0.4, -0.2) is 42.7 Å². The molecule has 0 spiro atoms. The minimum absolute atomic E-state index is 0.252. The Balaban J connectivity index is 2.00. The van der Waals surface area contributed by atoms with Crippen LogP contribution in [0.5, 0.6) is 0 Å². The van der Waals surface area contributed by atoms with E-state index in [1.165, 1.54) is 0 Å². The van der Waals surface area contributed by atoms with Gasteiger partial charge in [0.15, 0.2) is 0 Å². The van der Waals surface area contributed by atoms with Crippen molar-refractivity contribution in [3.8, 4) is 0 Å². The van der Waals surface area contributed by atoms with Gasteiger partial charge in [-0.25, -0.2) is 0 Å². The SMILES string of the molecule is C1C[Si]O[Si]O[Si]CCO1. The molecular formula is C4H8O3Si3. The summed E-state index contributed by atoms with van der Waals surface area (Å²) in [4.78, 5) is 0. The molecule has 0 aromatic rings. The van der Waals surface area contributed by atoms with Gasteiger partial charge in [-0.15, -0.1) is 0 Å². The van der Waals surface area contributed by atoms with Crippen LogP contribution in [-0.2, 0) is 13.0 Å². The molecule has 1 heterocycles. The van der Waals surface area contributed by atoms with E-state index >= 15 is 0 Å². The van der Waals surface area contributed by atoms with Gasteiger partial charge in [0.25, 0.3) is 0 Å². The molecule has 1 fully saturated rings. The Morgan fingerprint density at radius 3 is 2.10 bits per heavy atom. The van der Waals surface area contributed by atoms with Gasteiger partial charge in [-0.05, 0) is 12.1 Å². The summed E-state index contributed by atoms with van der Waals surface area (Å²) in [5.41, 5.74) is 0. The molecule has 1 aliphatic rings. The first-order valence-electron chi connectivity index (χ1n) is 3.10. The first kappa shape index (κ1) is 8.63. The lowest BCUT2D eigenvalue weighted by atomic mass is 10.8. The average molecular weight is 188 g/mol. The fourth-order valence-corrected chi connectivity index (χ4v) is 2.80. The van der Waals surface area contributed by atoms with E-state index in [2.05, 4.69) is 0 Å². The maximum atomic E-state index is 5.27. The zero-order chi connectivity index (χ0) is 7.07. The molecule has 0 aromatic heterocycles. The maximum Gasteiger partial charge on any atom is 0.409 e. The highest BCUT2D eigenvalue weighted by Crippen LogP contribution is 1.90. The van der Waals surface area contributed by atoms with E-state index in [4.69, 9.17) is 13.0 Å². The molecule has 1 aliphatic heterocycles. The van der Waals surface area contributed by atoms with Crippen molar-refractivity contribution >= 4 is 29.5 Å². The molecule has 10 heavy (non-hydrogen) atoms. The number of hydrogen-bond donors (Lipinski definition) is 0. The van der Waals surface area contributed by atoms with Crippen LogP contribution in [0.1, 0.15) is 0 Å². The first-order valence-corrected chi connectivity index (χ1v) is 6.15. The minimum Gasteiger partial charge on any atom is -0.435 e. The molecule has 0 atom stereocenters. The summed E-state index contributed by atoms with van der Waals surface area (Å²) < 4.78 is 15.6. The summed E-state index contributed by atoms with van der Waals surface area (Å²) >= 11 is 0. The van der Waals surface area contributed by atoms with Crippen molar-refractivity contribution < 1.29 is 13.0 Å². The Kier molecular flexibility index (Phi) is 5.39. The molecule has 0 aliphatic carbocycles. The highest BCUT2D eigenvalue weighted by molar-refractivity contribution is 6.45. The second-order valence-electron chi connectivity index (χ2n) is 1.69. The van der Waals surface area contributed by atoms with Gasteiger partial charge in [0, 0.05) is 13.2 Å². The third kappa shape index (κ3) is 4.36. The highest BCUT2D eigenvalue weighted by Gasteiger charge is 2.00. The van der Waals surface area contributed by atoms with Crippen LogP contribution >= 0.6 is 0 Å². The smallest absolute Gasteiger partial charge is 0.409 e. The normalized spacial score (nSPS) is 24.0. The largest absolute Gasteiger partial charge is 0.435 e. The summed E-state index contributed by atoms with van der Waals surface area (Å²) in [6, 6.07) is 2.03. The summed E-state index contributed by atoms with van der Waals surface area (Å²) in [6.07, 6.45) is 0. The fraction of sp³-hybridized carbons (Fsp3) is 1.00. The van der Waals surface area contributed by atoms with Gasteiger partial charge in [0.1, 0.15) is 0 Å². The molecule has 0 aromatic carbocycles. The van der Waals surface area contributed by atoms with Gasteiger partial charge in [0.2, 0.25) is 19.5 Å². The molecule has 1 saturated heterocycles. The molecule has 0 amide bonds. The third-order valence-corrected chi connectivity index (χ3v) is 3.56. The molecule has 0 saturated carbocycles. The van der Waals surface area contributed by atoms with Crippen LogP contribution in [0, 0.1) is 0 Å². The molecule has 54 valence electrons. The van der Waals surface area contributed by atoms with Crippen LogP contribution in [0.25, 0.3) is 0 Å². The lowest BCUT2D eigenvalue weighted by Gasteiger charge is -2.06. The number of ether oxygens (including phenoxy) is 1. The van der Waals surface area contributed by atoms with Crippen molar-refractivity contribution in [2.45, 2.75) is 12.1 Å². The van der Waals surface area contributed by atoms with E-state index in [-0.39, 0.29) is 10.0 Å². The molecular weight excluding hydrogens is 180 g/mol. The van der Waals surface area contributed by atoms with E-state index in [1.54, 1.807) is 0 Å². The average Bonchev–Trinajstić information content (AvgIpc) is 2.01. The molecule has 0 unspecified atom stereocenters. The summed E-state index contributed by atoms with van der Waals surface area (Å²) in [6.45, 7) is 1.68. The van der Waals surface area contributed by atoms with Crippen molar-refractivity contribution in [1.82, 2.24) is 0 Å². The Hall–Kier alpha value is 0.531. The van der Waals surface area contributed by atoms with Crippen LogP contribution in [0.2, 0.25) is 12.1 Å². The van der Waals surface area contributed by atoms with Crippen molar-refractivity contribution in [2.75, 3.05) is 13.2 Å². The van der Waals surface area contributed by atoms with Crippen molar-refractivity contribution in [3.63, 3.8) is 0 Å². The maximum absolute atomic E-state index is 5.27. The van der Waals surface area contributed by atoms with Gasteiger partial charge in [-0.2, -0.15) is 0 Å². The molecule has 0 bridgehead atoms. The lowest BCUT2D eigenvalue weighted by molar-refractivity contribution is 0.158. The quantitative estimate of drug-likeness (QED) is 0.487. The Labute approximate surface area is 68.4 Å². The molecule has 3 nitrogen and oxygen atoms in total. The molecule has 1 rings (SSSR count). The Morgan fingerprint density at radius 1 is 0.900 bits per heavy atom. The fourth-order valence-electron chi connectivity index (χ4n) is 0.512. The Bertz CT molecular complexity index is 48.9. The zero-order valence-electron chi connectivity index (χ0n) is 5.55. The van der Waals surface area contributed by atoms with E-state index in [0.29, 0.717) is 19.5 Å². The van der Waals surface area contributed by atoms with Crippen molar-refractivity contribution in [2.24, 2.45) is 0 Å². The van der Waals surface area contributed by atoms with Crippen LogP contribution in [0.4, 0.5) is 0 Å². The predicted molar refractivity (Wildman–Crippen MR) is 39.9 cm³/mol. The second-order valence-corrected chi connectivity index (χ2v) is 5.07. The summed E-state index contributed by atoms with van der Waals surface area (Å²) in [5.74, 6) is 0. The lowest BCUT2D eigenvalue weighted by Crippen LogP contribution is -2.15. The van der Waals surface area contributed by atoms with Gasteiger partial charge >= 0.3 is 10.0 Å². The van der Waals surface area contributed by atoms with Gasteiger partial charge < -0.3 is 13.0 Å². The van der Waals surface area contributed by atoms with Gasteiger partial charge in [-0.1, -0.05) is 0 Å². The molecule has 6 heteroatoms. The monoisotopic (exact) mass is 188 g/mol. The van der Waals surface area contributed by atoms with E-state index in [0.717, 1.165) is 25.3 Å². The second kappa shape index (κ2) is 6.25. The molecule has 0 N–H and O–H groups in total. The standard InChI is InChI=1S/C4H8O3Si3/c1-3-8-6-10-7-9-4-2-5-1/h1-4H2. The number of hydrogen-bond acceptors (Lipinski definition) is 3. The van der Waals surface area contributed by atoms with Gasteiger partial charge in [0.05, 0.1) is 0 Å². The van der Waals surface area contributed by atoms with Gasteiger partial charge in [-0.3, -0.25) is 0 Å². The van der Waals surface area contributed by atoms with E-state index in [9.17, 15) is 0 Å². The van der Waals surface area contributed by atoms with Crippen LogP contribution < -0.4 is 0 Å². The zero-order valence-corrected chi connectivity index (χ0v) is 8.55. The minimum atomic E-state index is 0.252. The van der Waals surface area contributed by atoms with Crippen molar-refractivity contribution in [3.05, 3.63) is 0 Å². The summed E-state index contributed by atoms with van der Waals surface area (Å²) in [7, 11) is 1.35. The first-order chi connectivity index (χ1) is 5.00. The van der Waals surface area contributed by atoms with Crippen molar-refractivity contribution in [1.29, 1.82) is 0 Å². The summed E-state index contributed by atoms with van der Waals surface area (Å²) in [5, 5.41) is 0. The predicted octanol–water partition coefficient (Wildman–Crippen LogP) is -0.341. The highest BCUT2D eigenvalue weighted by atomic mass is 28.4. The van der Waals surface area contributed by atoms with Crippen LogP contribution in [0.3, 0.4) is 0 Å². The number of rotatable bonds is 0. The van der Waals surface area contributed by atoms with Crippen LogP contribution in [0.15, 0.2) is 0 Å². The molecule has 6 radical (unpaired) electrons. The third-order valence-electron chi connectivity index (χ3n) is 0.925. The van der Waals surface area contributed by atoms with E-state index in [1.807, 2.05) is 0 Å². The van der Waals surface area contributed by atoms with E-state index < -0.39 is 0 Å².